The fourth-order valence-electron chi connectivity index (χ4n) is 2.43. The lowest BCUT2D eigenvalue weighted by molar-refractivity contribution is 0.489. The molecular weight excluding hydrogens is 222 g/mol. The molecule has 1 aliphatic rings. The van der Waals surface area contributed by atoms with Crippen molar-refractivity contribution in [2.75, 3.05) is 11.4 Å². The lowest BCUT2D eigenvalue weighted by Gasteiger charge is -2.28. The number of halogens is 1. The van der Waals surface area contributed by atoms with Crippen molar-refractivity contribution in [2.24, 2.45) is 5.92 Å². The zero-order chi connectivity index (χ0) is 11.7. The molecule has 1 aromatic rings. The first-order valence-corrected chi connectivity index (χ1v) is 6.23. The number of hydrogen-bond donors (Lipinski definition) is 0. The molecule has 0 bridgehead atoms. The number of aromatic nitrogens is 2. The van der Waals surface area contributed by atoms with Crippen molar-refractivity contribution in [2.45, 2.75) is 39.7 Å². The minimum Gasteiger partial charge on any atom is -0.353 e. The van der Waals surface area contributed by atoms with E-state index in [0.29, 0.717) is 17.2 Å². The van der Waals surface area contributed by atoms with Crippen LogP contribution in [-0.2, 0) is 0 Å². The highest BCUT2D eigenvalue weighted by molar-refractivity contribution is 6.28. The maximum Gasteiger partial charge on any atom is 0.224 e. The van der Waals surface area contributed by atoms with Gasteiger partial charge in [0.05, 0.1) is 0 Å². The maximum absolute atomic E-state index is 5.91. The van der Waals surface area contributed by atoms with Crippen LogP contribution >= 0.6 is 11.6 Å². The summed E-state index contributed by atoms with van der Waals surface area (Å²) in [6.07, 6.45) is 2.49. The van der Waals surface area contributed by atoms with E-state index in [1.54, 1.807) is 0 Å². The summed E-state index contributed by atoms with van der Waals surface area (Å²) < 4.78 is 0. The van der Waals surface area contributed by atoms with Crippen molar-refractivity contribution < 1.29 is 0 Å². The molecule has 1 unspecified atom stereocenters. The van der Waals surface area contributed by atoms with E-state index in [1.807, 2.05) is 13.0 Å². The van der Waals surface area contributed by atoms with Gasteiger partial charge in [-0.15, -0.1) is 0 Å². The average molecular weight is 240 g/mol. The summed E-state index contributed by atoms with van der Waals surface area (Å²) in [5.74, 6) is 1.63. The monoisotopic (exact) mass is 239 g/mol. The second-order valence-electron chi connectivity index (χ2n) is 4.78. The molecule has 2 rings (SSSR count). The first kappa shape index (κ1) is 11.6. The Bertz CT molecular complexity index is 358. The molecule has 0 saturated carbocycles. The van der Waals surface area contributed by atoms with Crippen molar-refractivity contribution in [1.29, 1.82) is 0 Å². The smallest absolute Gasteiger partial charge is 0.224 e. The molecule has 3 nitrogen and oxygen atoms in total. The predicted molar refractivity (Wildman–Crippen MR) is 67.0 cm³/mol. The van der Waals surface area contributed by atoms with Crippen LogP contribution in [0.2, 0.25) is 5.28 Å². The largest absolute Gasteiger partial charge is 0.353 e. The van der Waals surface area contributed by atoms with Gasteiger partial charge in [-0.2, -0.15) is 0 Å². The molecule has 1 atom stereocenters. The fourth-order valence-corrected chi connectivity index (χ4v) is 2.65. The van der Waals surface area contributed by atoms with Crippen LogP contribution in [0.5, 0.6) is 0 Å². The van der Waals surface area contributed by atoms with Gasteiger partial charge in [0.2, 0.25) is 5.28 Å². The first-order chi connectivity index (χ1) is 7.58. The van der Waals surface area contributed by atoms with E-state index in [9.17, 15) is 0 Å². The highest BCUT2D eigenvalue weighted by Crippen LogP contribution is 2.29. The Labute approximate surface area is 102 Å². The molecule has 1 saturated heterocycles. The second-order valence-corrected chi connectivity index (χ2v) is 5.12. The van der Waals surface area contributed by atoms with E-state index >= 15 is 0 Å². The van der Waals surface area contributed by atoms with Crippen LogP contribution in [0.15, 0.2) is 6.07 Å². The molecule has 2 heterocycles. The zero-order valence-corrected chi connectivity index (χ0v) is 10.8. The van der Waals surface area contributed by atoms with Gasteiger partial charge in [-0.05, 0) is 37.3 Å². The average Bonchev–Trinajstić information content (AvgIpc) is 2.63. The van der Waals surface area contributed by atoms with Crippen LogP contribution in [0.4, 0.5) is 5.82 Å². The van der Waals surface area contributed by atoms with Crippen LogP contribution in [0, 0.1) is 12.8 Å². The quantitative estimate of drug-likeness (QED) is 0.743. The van der Waals surface area contributed by atoms with Crippen LogP contribution in [-0.4, -0.2) is 22.6 Å². The van der Waals surface area contributed by atoms with Gasteiger partial charge < -0.3 is 4.90 Å². The summed E-state index contributed by atoms with van der Waals surface area (Å²) in [4.78, 5) is 10.8. The SMILES string of the molecule is Cc1cc(N2CCCC2C(C)C)nc(Cl)n1. The van der Waals surface area contributed by atoms with Crippen molar-refractivity contribution in [3.63, 3.8) is 0 Å². The van der Waals surface area contributed by atoms with E-state index in [4.69, 9.17) is 11.6 Å². The van der Waals surface area contributed by atoms with Crippen molar-refractivity contribution >= 4 is 17.4 Å². The molecule has 0 radical (unpaired) electrons. The Morgan fingerprint density at radius 2 is 2.19 bits per heavy atom. The van der Waals surface area contributed by atoms with Gasteiger partial charge in [0.25, 0.3) is 0 Å². The van der Waals surface area contributed by atoms with Crippen molar-refractivity contribution in [3.8, 4) is 0 Å². The standard InChI is InChI=1S/C12H18ClN3/c1-8(2)10-5-4-6-16(10)11-7-9(3)14-12(13)15-11/h7-8,10H,4-6H2,1-3H3. The summed E-state index contributed by atoms with van der Waals surface area (Å²) >= 11 is 5.91. The highest BCUT2D eigenvalue weighted by Gasteiger charge is 2.28. The van der Waals surface area contributed by atoms with E-state index in [-0.39, 0.29) is 0 Å². The summed E-state index contributed by atoms with van der Waals surface area (Å²) in [5.41, 5.74) is 0.935. The number of anilines is 1. The molecule has 0 spiro atoms. The molecule has 0 N–H and O–H groups in total. The number of hydrogen-bond acceptors (Lipinski definition) is 3. The third-order valence-electron chi connectivity index (χ3n) is 3.18. The van der Waals surface area contributed by atoms with Crippen LogP contribution in [0.1, 0.15) is 32.4 Å². The minimum absolute atomic E-state index is 0.351. The molecule has 16 heavy (non-hydrogen) atoms. The topological polar surface area (TPSA) is 29.0 Å². The molecule has 88 valence electrons. The van der Waals surface area contributed by atoms with Gasteiger partial charge >= 0.3 is 0 Å². The van der Waals surface area contributed by atoms with Gasteiger partial charge in [-0.25, -0.2) is 9.97 Å². The lowest BCUT2D eigenvalue weighted by Crippen LogP contribution is -2.34. The predicted octanol–water partition coefficient (Wildman–Crippen LogP) is 3.06. The Morgan fingerprint density at radius 1 is 1.44 bits per heavy atom. The number of aryl methyl sites for hydroxylation is 1. The maximum atomic E-state index is 5.91. The van der Waals surface area contributed by atoms with Crippen LogP contribution in [0.3, 0.4) is 0 Å². The number of nitrogens with zero attached hydrogens (tertiary/aromatic N) is 3. The normalized spacial score (nSPS) is 20.8. The van der Waals surface area contributed by atoms with Gasteiger partial charge in [0.15, 0.2) is 0 Å². The Hall–Kier alpha value is -0.830. The van der Waals surface area contributed by atoms with Gasteiger partial charge in [0, 0.05) is 24.3 Å². The minimum atomic E-state index is 0.351. The molecule has 1 aliphatic heterocycles. The Balaban J connectivity index is 2.29. The van der Waals surface area contributed by atoms with E-state index in [0.717, 1.165) is 18.1 Å². The first-order valence-electron chi connectivity index (χ1n) is 5.86. The third kappa shape index (κ3) is 2.29. The molecule has 4 heteroatoms. The van der Waals surface area contributed by atoms with Crippen LogP contribution in [0.25, 0.3) is 0 Å². The van der Waals surface area contributed by atoms with E-state index < -0.39 is 0 Å². The summed E-state index contributed by atoms with van der Waals surface area (Å²) in [6.45, 7) is 7.56. The zero-order valence-electron chi connectivity index (χ0n) is 10.1. The van der Waals surface area contributed by atoms with Gasteiger partial charge in [-0.1, -0.05) is 13.8 Å². The molecule has 1 fully saturated rings. The van der Waals surface area contributed by atoms with E-state index in [2.05, 4.69) is 28.7 Å². The van der Waals surface area contributed by atoms with Crippen LogP contribution < -0.4 is 4.90 Å². The van der Waals surface area contributed by atoms with Gasteiger partial charge in [0.1, 0.15) is 5.82 Å². The number of rotatable bonds is 2. The second kappa shape index (κ2) is 4.58. The van der Waals surface area contributed by atoms with Gasteiger partial charge in [-0.3, -0.25) is 0 Å². The third-order valence-corrected chi connectivity index (χ3v) is 3.35. The molecular formula is C12H18ClN3. The summed E-state index contributed by atoms with van der Waals surface area (Å²) in [5, 5.41) is 0.351. The van der Waals surface area contributed by atoms with Crippen molar-refractivity contribution in [1.82, 2.24) is 9.97 Å². The fraction of sp³-hybridized carbons (Fsp3) is 0.667. The molecule has 1 aromatic heterocycles. The molecule has 0 aromatic carbocycles. The molecule has 0 amide bonds. The van der Waals surface area contributed by atoms with Crippen molar-refractivity contribution in [3.05, 3.63) is 17.0 Å². The summed E-state index contributed by atoms with van der Waals surface area (Å²) in [7, 11) is 0. The summed E-state index contributed by atoms with van der Waals surface area (Å²) in [6, 6.07) is 2.61. The Morgan fingerprint density at radius 3 is 2.81 bits per heavy atom. The highest BCUT2D eigenvalue weighted by atomic mass is 35.5. The van der Waals surface area contributed by atoms with E-state index in [1.165, 1.54) is 12.8 Å². The Kier molecular flexibility index (Phi) is 3.33. The lowest BCUT2D eigenvalue weighted by atomic mass is 10.0. The molecule has 0 aliphatic carbocycles.